The van der Waals surface area contributed by atoms with E-state index < -0.39 is 0 Å². The van der Waals surface area contributed by atoms with Gasteiger partial charge in [-0.15, -0.1) is 0 Å². The molecule has 0 fully saturated rings. The molecule has 0 amide bonds. The molecule has 4 heteroatoms. The number of hydrogen-bond acceptors (Lipinski definition) is 3. The van der Waals surface area contributed by atoms with Crippen molar-refractivity contribution in [1.82, 2.24) is 15.0 Å². The molecule has 0 saturated carbocycles. The Kier molecular flexibility index (Phi) is 3.87. The second-order valence-electron chi connectivity index (χ2n) is 4.43. The molecule has 0 spiro atoms. The van der Waals surface area contributed by atoms with Crippen LogP contribution >= 0.6 is 12.2 Å². The van der Waals surface area contributed by atoms with Crippen LogP contribution in [0.3, 0.4) is 0 Å². The first-order valence-corrected chi connectivity index (χ1v) is 6.55. The number of hydrogen-bond donors (Lipinski definition) is 1. The average Bonchev–Trinajstić information content (AvgIpc) is 2.35. The summed E-state index contributed by atoms with van der Waals surface area (Å²) in [5.74, 6) is 0.950. The van der Waals surface area contributed by atoms with Gasteiger partial charge in [0, 0.05) is 29.9 Å². The van der Waals surface area contributed by atoms with Crippen molar-refractivity contribution in [2.45, 2.75) is 33.6 Å². The molecule has 0 saturated heterocycles. The summed E-state index contributed by atoms with van der Waals surface area (Å²) in [5, 5.41) is 0. The highest BCUT2D eigenvalue weighted by Gasteiger charge is 2.09. The topological polar surface area (TPSA) is 41.6 Å². The number of nitrogens with one attached hydrogen (secondary N) is 1. The standard InChI is InChI=1S/C14H17N3S/c1-4-5-12-16-13(10(3)14(18)17-12)11-8-15-7-6-9(11)2/h6-8H,4-5H2,1-3H3,(H,16,17,18). The molecule has 0 radical (unpaired) electrons. The Labute approximate surface area is 112 Å². The summed E-state index contributed by atoms with van der Waals surface area (Å²) in [5.41, 5.74) is 4.35. The molecular formula is C14H17N3S. The number of aromatic nitrogens is 3. The van der Waals surface area contributed by atoms with Gasteiger partial charge in [-0.3, -0.25) is 4.98 Å². The zero-order valence-electron chi connectivity index (χ0n) is 10.9. The molecule has 2 aromatic rings. The van der Waals surface area contributed by atoms with Crippen LogP contribution in [0.15, 0.2) is 18.5 Å². The third kappa shape index (κ3) is 2.48. The summed E-state index contributed by atoms with van der Waals surface area (Å²) >= 11 is 5.33. The number of pyridine rings is 1. The van der Waals surface area contributed by atoms with Gasteiger partial charge < -0.3 is 4.98 Å². The Morgan fingerprint density at radius 3 is 2.78 bits per heavy atom. The van der Waals surface area contributed by atoms with Gasteiger partial charge in [0.25, 0.3) is 0 Å². The lowest BCUT2D eigenvalue weighted by atomic mass is 10.1. The maximum absolute atomic E-state index is 5.33. The van der Waals surface area contributed by atoms with Gasteiger partial charge in [0.1, 0.15) is 10.5 Å². The summed E-state index contributed by atoms with van der Waals surface area (Å²) in [6.07, 6.45) is 5.64. The van der Waals surface area contributed by atoms with Gasteiger partial charge in [0.2, 0.25) is 0 Å². The molecule has 0 aromatic carbocycles. The maximum atomic E-state index is 5.33. The molecule has 2 aromatic heterocycles. The fourth-order valence-corrected chi connectivity index (χ4v) is 2.14. The van der Waals surface area contributed by atoms with Crippen LogP contribution in [0, 0.1) is 18.5 Å². The van der Waals surface area contributed by atoms with E-state index in [-0.39, 0.29) is 0 Å². The normalized spacial score (nSPS) is 10.6. The van der Waals surface area contributed by atoms with Gasteiger partial charge in [0.05, 0.1) is 5.69 Å². The Hall–Kier alpha value is -1.55. The molecule has 0 bridgehead atoms. The zero-order valence-corrected chi connectivity index (χ0v) is 11.8. The van der Waals surface area contributed by atoms with Crippen LogP contribution in [0.2, 0.25) is 0 Å². The molecule has 0 unspecified atom stereocenters. The predicted molar refractivity (Wildman–Crippen MR) is 76.1 cm³/mol. The van der Waals surface area contributed by atoms with Crippen LogP contribution in [-0.4, -0.2) is 15.0 Å². The molecule has 0 atom stereocenters. The van der Waals surface area contributed by atoms with E-state index in [9.17, 15) is 0 Å². The number of rotatable bonds is 3. The van der Waals surface area contributed by atoms with Gasteiger partial charge in [-0.1, -0.05) is 19.1 Å². The van der Waals surface area contributed by atoms with Crippen LogP contribution in [0.1, 0.15) is 30.3 Å². The Bertz CT molecular complexity index is 617. The van der Waals surface area contributed by atoms with Crippen LogP contribution in [0.5, 0.6) is 0 Å². The molecule has 3 nitrogen and oxygen atoms in total. The SMILES string of the molecule is CCCc1nc(=S)c(C)c(-c2cnccc2C)[nH]1. The number of aromatic amines is 1. The summed E-state index contributed by atoms with van der Waals surface area (Å²) in [6, 6.07) is 2.01. The van der Waals surface area contributed by atoms with Crippen molar-refractivity contribution in [3.63, 3.8) is 0 Å². The van der Waals surface area contributed by atoms with Crippen molar-refractivity contribution in [3.8, 4) is 11.3 Å². The third-order valence-electron chi connectivity index (χ3n) is 3.00. The monoisotopic (exact) mass is 259 g/mol. The first kappa shape index (κ1) is 12.9. The van der Waals surface area contributed by atoms with Crippen molar-refractivity contribution >= 4 is 12.2 Å². The van der Waals surface area contributed by atoms with Gasteiger partial charge >= 0.3 is 0 Å². The number of H-pyrrole nitrogens is 1. The van der Waals surface area contributed by atoms with Gasteiger partial charge in [-0.25, -0.2) is 4.98 Å². The van der Waals surface area contributed by atoms with E-state index in [0.29, 0.717) is 4.64 Å². The molecule has 2 heterocycles. The van der Waals surface area contributed by atoms with Crippen LogP contribution < -0.4 is 0 Å². The van der Waals surface area contributed by atoms with Crippen molar-refractivity contribution < 1.29 is 0 Å². The summed E-state index contributed by atoms with van der Waals surface area (Å²) in [6.45, 7) is 6.21. The lowest BCUT2D eigenvalue weighted by molar-refractivity contribution is 0.829. The van der Waals surface area contributed by atoms with Crippen molar-refractivity contribution in [2.75, 3.05) is 0 Å². The lowest BCUT2D eigenvalue weighted by Crippen LogP contribution is -2.01. The smallest absolute Gasteiger partial charge is 0.133 e. The highest BCUT2D eigenvalue weighted by molar-refractivity contribution is 7.71. The Morgan fingerprint density at radius 1 is 1.33 bits per heavy atom. The fourth-order valence-electron chi connectivity index (χ4n) is 1.93. The third-order valence-corrected chi connectivity index (χ3v) is 3.39. The largest absolute Gasteiger partial charge is 0.343 e. The second-order valence-corrected chi connectivity index (χ2v) is 4.82. The zero-order chi connectivity index (χ0) is 13.1. The van der Waals surface area contributed by atoms with E-state index >= 15 is 0 Å². The van der Waals surface area contributed by atoms with E-state index in [1.54, 1.807) is 6.20 Å². The van der Waals surface area contributed by atoms with E-state index in [2.05, 4.69) is 28.8 Å². The Morgan fingerprint density at radius 2 is 2.11 bits per heavy atom. The summed E-state index contributed by atoms with van der Waals surface area (Å²) in [7, 11) is 0. The van der Waals surface area contributed by atoms with Gasteiger partial charge in [-0.05, 0) is 31.9 Å². The molecule has 94 valence electrons. The van der Waals surface area contributed by atoms with Crippen molar-refractivity contribution in [1.29, 1.82) is 0 Å². The molecule has 2 rings (SSSR count). The van der Waals surface area contributed by atoms with Crippen LogP contribution in [0.25, 0.3) is 11.3 Å². The quantitative estimate of drug-likeness (QED) is 0.853. The minimum absolute atomic E-state index is 0.676. The fraction of sp³-hybridized carbons (Fsp3) is 0.357. The summed E-state index contributed by atoms with van der Waals surface area (Å²) < 4.78 is 0.676. The second kappa shape index (κ2) is 5.40. The van der Waals surface area contributed by atoms with E-state index in [1.807, 2.05) is 19.2 Å². The van der Waals surface area contributed by atoms with Crippen LogP contribution in [0.4, 0.5) is 0 Å². The van der Waals surface area contributed by atoms with Crippen molar-refractivity contribution in [2.24, 2.45) is 0 Å². The van der Waals surface area contributed by atoms with Gasteiger partial charge in [-0.2, -0.15) is 0 Å². The minimum Gasteiger partial charge on any atom is -0.343 e. The molecule has 1 N–H and O–H groups in total. The Balaban J connectivity index is 2.63. The van der Waals surface area contributed by atoms with E-state index in [4.69, 9.17) is 12.2 Å². The van der Waals surface area contributed by atoms with Crippen molar-refractivity contribution in [3.05, 3.63) is 40.1 Å². The van der Waals surface area contributed by atoms with Gasteiger partial charge in [0.15, 0.2) is 0 Å². The molecule has 0 aliphatic heterocycles. The average molecular weight is 259 g/mol. The highest BCUT2D eigenvalue weighted by Crippen LogP contribution is 2.24. The van der Waals surface area contributed by atoms with Crippen LogP contribution in [-0.2, 0) is 6.42 Å². The first-order valence-electron chi connectivity index (χ1n) is 6.14. The first-order chi connectivity index (χ1) is 8.63. The molecule has 18 heavy (non-hydrogen) atoms. The minimum atomic E-state index is 0.676. The highest BCUT2D eigenvalue weighted by atomic mass is 32.1. The number of aryl methyl sites for hydroxylation is 2. The molecular weight excluding hydrogens is 242 g/mol. The lowest BCUT2D eigenvalue weighted by Gasteiger charge is -2.11. The molecule has 0 aliphatic carbocycles. The van der Waals surface area contributed by atoms with E-state index in [1.165, 1.54) is 5.56 Å². The number of nitrogens with zero attached hydrogens (tertiary/aromatic N) is 2. The molecule has 0 aliphatic rings. The maximum Gasteiger partial charge on any atom is 0.133 e. The predicted octanol–water partition coefficient (Wildman–Crippen LogP) is 3.77. The summed E-state index contributed by atoms with van der Waals surface area (Å²) in [4.78, 5) is 12.0. The van der Waals surface area contributed by atoms with E-state index in [0.717, 1.165) is 35.5 Å².